The maximum Gasteiger partial charge on any atom is 0.348 e. The first-order valence-electron chi connectivity index (χ1n) is 12.3. The Bertz CT molecular complexity index is 939. The highest BCUT2D eigenvalue weighted by molar-refractivity contribution is 7.13. The van der Waals surface area contributed by atoms with Crippen molar-refractivity contribution in [2.24, 2.45) is 5.92 Å². The maximum absolute atomic E-state index is 12.4. The van der Waals surface area contributed by atoms with E-state index in [0.29, 0.717) is 17.8 Å². The number of likely N-dealkylation sites (tertiary alicyclic amines) is 1. The minimum atomic E-state index is -0.489. The Hall–Kier alpha value is -2.44. The fourth-order valence-electron chi connectivity index (χ4n) is 4.44. The van der Waals surface area contributed by atoms with E-state index < -0.39 is 6.10 Å². The minimum Gasteiger partial charge on any atom is -0.465 e. The number of thiophene rings is 1. The van der Waals surface area contributed by atoms with Crippen molar-refractivity contribution in [1.29, 1.82) is 0 Å². The molecule has 1 fully saturated rings. The molecule has 184 valence electrons. The Morgan fingerprint density at radius 1 is 1.18 bits per heavy atom. The number of hydrogen-bond donors (Lipinski definition) is 1. The number of methoxy groups -OCH3 is 1. The Morgan fingerprint density at radius 3 is 2.74 bits per heavy atom. The number of aryl methyl sites for hydroxylation is 2. The van der Waals surface area contributed by atoms with Crippen LogP contribution < -0.4 is 0 Å². The van der Waals surface area contributed by atoms with Gasteiger partial charge >= 0.3 is 5.97 Å². The molecule has 0 bridgehead atoms. The van der Waals surface area contributed by atoms with Crippen molar-refractivity contribution in [1.82, 2.24) is 4.90 Å². The van der Waals surface area contributed by atoms with E-state index in [2.05, 4.69) is 31.2 Å². The van der Waals surface area contributed by atoms with Crippen molar-refractivity contribution in [3.8, 4) is 0 Å². The lowest BCUT2D eigenvalue weighted by atomic mass is 9.95. The van der Waals surface area contributed by atoms with Gasteiger partial charge in [0, 0.05) is 17.8 Å². The summed E-state index contributed by atoms with van der Waals surface area (Å²) in [6.45, 7) is 2.78. The van der Waals surface area contributed by atoms with Gasteiger partial charge in [0.25, 0.3) is 0 Å². The van der Waals surface area contributed by atoms with Crippen molar-refractivity contribution in [3.05, 3.63) is 69.9 Å². The molecular weight excluding hydrogens is 446 g/mol. The second kappa shape index (κ2) is 13.4. The molecule has 0 saturated carbocycles. The van der Waals surface area contributed by atoms with Gasteiger partial charge in [-0.25, -0.2) is 4.79 Å². The van der Waals surface area contributed by atoms with Crippen molar-refractivity contribution >= 4 is 23.2 Å². The lowest BCUT2D eigenvalue weighted by Gasteiger charge is -2.23. The van der Waals surface area contributed by atoms with Crippen LogP contribution in [0.1, 0.15) is 65.6 Å². The predicted molar refractivity (Wildman–Crippen MR) is 137 cm³/mol. The first-order valence-corrected chi connectivity index (χ1v) is 13.2. The van der Waals surface area contributed by atoms with E-state index in [4.69, 9.17) is 4.74 Å². The van der Waals surface area contributed by atoms with Crippen LogP contribution in [0, 0.1) is 5.92 Å². The third-order valence-corrected chi connectivity index (χ3v) is 7.70. The Kier molecular flexibility index (Phi) is 10.4. The van der Waals surface area contributed by atoms with Gasteiger partial charge in [-0.15, -0.1) is 11.3 Å². The summed E-state index contributed by atoms with van der Waals surface area (Å²) in [5, 5.41) is 10.6. The quantitative estimate of drug-likeness (QED) is 0.235. The largest absolute Gasteiger partial charge is 0.465 e. The molecule has 1 saturated heterocycles. The number of benzene rings is 1. The molecule has 1 amide bonds. The number of amides is 1. The second-order valence-electron chi connectivity index (χ2n) is 9.14. The first kappa shape index (κ1) is 26.2. The Balaban J connectivity index is 1.40. The number of nitrogens with zero attached hydrogens (tertiary/aromatic N) is 1. The summed E-state index contributed by atoms with van der Waals surface area (Å²) in [7, 11) is 1.39. The van der Waals surface area contributed by atoms with E-state index in [9.17, 15) is 14.7 Å². The molecule has 3 atom stereocenters. The smallest absolute Gasteiger partial charge is 0.348 e. The highest BCUT2D eigenvalue weighted by atomic mass is 32.1. The van der Waals surface area contributed by atoms with E-state index in [0.717, 1.165) is 49.8 Å². The monoisotopic (exact) mass is 483 g/mol. The van der Waals surface area contributed by atoms with E-state index >= 15 is 0 Å². The second-order valence-corrected chi connectivity index (χ2v) is 10.3. The molecule has 0 unspecified atom stereocenters. The molecule has 1 aliphatic rings. The summed E-state index contributed by atoms with van der Waals surface area (Å²) >= 11 is 1.45. The molecule has 1 aromatic carbocycles. The highest BCUT2D eigenvalue weighted by Gasteiger charge is 2.28. The zero-order chi connectivity index (χ0) is 24.3. The molecule has 1 aliphatic heterocycles. The first-order chi connectivity index (χ1) is 16.5. The van der Waals surface area contributed by atoms with Gasteiger partial charge in [-0.05, 0) is 62.1 Å². The van der Waals surface area contributed by atoms with Crippen LogP contribution in [-0.4, -0.2) is 47.7 Å². The van der Waals surface area contributed by atoms with Crippen molar-refractivity contribution in [3.63, 3.8) is 0 Å². The predicted octanol–water partition coefficient (Wildman–Crippen LogP) is 5.42. The topological polar surface area (TPSA) is 66.8 Å². The third-order valence-electron chi connectivity index (χ3n) is 6.58. The molecular formula is C28H37NO4S. The molecule has 3 rings (SSSR count). The number of carbonyl (C=O) groups is 2. The van der Waals surface area contributed by atoms with Crippen molar-refractivity contribution < 1.29 is 19.4 Å². The third kappa shape index (κ3) is 7.81. The molecule has 0 radical (unpaired) electrons. The van der Waals surface area contributed by atoms with Crippen LogP contribution in [0.25, 0.3) is 0 Å². The molecule has 2 heterocycles. The number of ether oxygens (including phenoxy) is 1. The average molecular weight is 484 g/mol. The molecule has 0 spiro atoms. The van der Waals surface area contributed by atoms with Crippen LogP contribution in [0.15, 0.2) is 54.6 Å². The van der Waals surface area contributed by atoms with Gasteiger partial charge in [0.15, 0.2) is 0 Å². The SMILES string of the molecule is COC(=O)c1ccc(CCCN2C(=O)CC[C@@H]2/C=C/[C@@H](O)[C@H](C)CCCCc2ccccc2)s1. The van der Waals surface area contributed by atoms with Crippen LogP contribution in [0.3, 0.4) is 0 Å². The lowest BCUT2D eigenvalue weighted by Crippen LogP contribution is -2.33. The van der Waals surface area contributed by atoms with E-state index in [-0.39, 0.29) is 23.8 Å². The van der Waals surface area contributed by atoms with Gasteiger partial charge in [-0.2, -0.15) is 0 Å². The maximum atomic E-state index is 12.4. The van der Waals surface area contributed by atoms with Crippen molar-refractivity contribution in [2.45, 2.75) is 70.4 Å². The van der Waals surface area contributed by atoms with Crippen LogP contribution in [-0.2, 0) is 22.4 Å². The summed E-state index contributed by atoms with van der Waals surface area (Å²) < 4.78 is 4.76. The number of esters is 1. The van der Waals surface area contributed by atoms with Gasteiger partial charge in [0.1, 0.15) is 4.88 Å². The number of aliphatic hydroxyl groups excluding tert-OH is 1. The van der Waals surface area contributed by atoms with Crippen molar-refractivity contribution in [2.75, 3.05) is 13.7 Å². The lowest BCUT2D eigenvalue weighted by molar-refractivity contribution is -0.128. The zero-order valence-corrected chi connectivity index (χ0v) is 21.1. The summed E-state index contributed by atoms with van der Waals surface area (Å²) in [6.07, 6.45) is 10.7. The standard InChI is InChI=1S/C28H37NO4S/c1-21(9-6-7-12-22-10-4-3-5-11-22)25(30)17-14-23-15-19-27(31)29(23)20-8-13-24-16-18-26(34-24)28(32)33-2/h3-5,10-11,14,16-18,21,23,25,30H,6-9,12-13,15,19-20H2,1-2H3/b17-14+/t21-,23+,25-/m1/s1. The molecule has 0 aliphatic carbocycles. The van der Waals surface area contributed by atoms with E-state index in [1.54, 1.807) is 6.07 Å². The fourth-order valence-corrected chi connectivity index (χ4v) is 5.40. The number of carbonyl (C=O) groups excluding carboxylic acids is 2. The number of aliphatic hydroxyl groups is 1. The fraction of sp³-hybridized carbons (Fsp3) is 0.500. The van der Waals surface area contributed by atoms with E-state index in [1.165, 1.54) is 24.0 Å². The molecule has 6 heteroatoms. The summed E-state index contributed by atoms with van der Waals surface area (Å²) in [5.41, 5.74) is 1.37. The summed E-state index contributed by atoms with van der Waals surface area (Å²) in [6, 6.07) is 14.3. The average Bonchev–Trinajstić information content (AvgIpc) is 3.47. The zero-order valence-electron chi connectivity index (χ0n) is 20.3. The molecule has 1 aromatic heterocycles. The number of unbranched alkanes of at least 4 members (excludes halogenated alkanes) is 1. The van der Waals surface area contributed by atoms with Gasteiger partial charge in [0.05, 0.1) is 19.3 Å². The van der Waals surface area contributed by atoms with E-state index in [1.807, 2.05) is 29.2 Å². The highest BCUT2D eigenvalue weighted by Crippen LogP contribution is 2.24. The molecule has 5 nitrogen and oxygen atoms in total. The Morgan fingerprint density at radius 2 is 1.97 bits per heavy atom. The van der Waals surface area contributed by atoms with Crippen LogP contribution in [0.5, 0.6) is 0 Å². The van der Waals surface area contributed by atoms with Gasteiger partial charge in [0.2, 0.25) is 5.91 Å². The molecule has 2 aromatic rings. The van der Waals surface area contributed by atoms with Gasteiger partial charge in [-0.3, -0.25) is 4.79 Å². The van der Waals surface area contributed by atoms with Gasteiger partial charge < -0.3 is 14.7 Å². The van der Waals surface area contributed by atoms with Crippen LogP contribution >= 0.6 is 11.3 Å². The van der Waals surface area contributed by atoms with Crippen LogP contribution in [0.4, 0.5) is 0 Å². The van der Waals surface area contributed by atoms with Gasteiger partial charge in [-0.1, -0.05) is 55.8 Å². The molecule has 34 heavy (non-hydrogen) atoms. The molecule has 1 N–H and O–H groups in total. The summed E-state index contributed by atoms with van der Waals surface area (Å²) in [5.74, 6) is 0.0695. The normalized spacial score (nSPS) is 17.9. The number of hydrogen-bond acceptors (Lipinski definition) is 5. The Labute approximate surface area is 207 Å². The minimum absolute atomic E-state index is 0.0568. The number of rotatable bonds is 13. The van der Waals surface area contributed by atoms with Crippen LogP contribution in [0.2, 0.25) is 0 Å². The summed E-state index contributed by atoms with van der Waals surface area (Å²) in [4.78, 5) is 27.7.